The molecule has 1 amide bonds. The molecular formula is C23H23NO4. The van der Waals surface area contributed by atoms with Gasteiger partial charge < -0.3 is 19.9 Å². The summed E-state index contributed by atoms with van der Waals surface area (Å²) in [6.45, 7) is 0.891. The fourth-order valence-corrected chi connectivity index (χ4v) is 2.81. The molecule has 0 bridgehead atoms. The maximum atomic E-state index is 12.2. The van der Waals surface area contributed by atoms with Crippen molar-refractivity contribution in [1.82, 2.24) is 5.32 Å². The van der Waals surface area contributed by atoms with Gasteiger partial charge in [-0.25, -0.2) is 0 Å². The fraction of sp³-hybridized carbons (Fsp3) is 0.174. The first kappa shape index (κ1) is 19.3. The van der Waals surface area contributed by atoms with Crippen LogP contribution in [0.5, 0.6) is 17.2 Å². The lowest BCUT2D eigenvalue weighted by atomic mass is 10.1. The normalized spacial score (nSPS) is 10.3. The molecule has 0 aliphatic carbocycles. The van der Waals surface area contributed by atoms with Gasteiger partial charge in [-0.1, -0.05) is 48.5 Å². The minimum atomic E-state index is -0.299. The Morgan fingerprint density at radius 2 is 1.68 bits per heavy atom. The Morgan fingerprint density at radius 3 is 2.43 bits per heavy atom. The second kappa shape index (κ2) is 9.46. The van der Waals surface area contributed by atoms with Crippen molar-refractivity contribution < 1.29 is 19.4 Å². The van der Waals surface area contributed by atoms with Crippen LogP contribution in [0.25, 0.3) is 0 Å². The zero-order valence-electron chi connectivity index (χ0n) is 15.7. The van der Waals surface area contributed by atoms with Crippen LogP contribution in [0.3, 0.4) is 0 Å². The summed E-state index contributed by atoms with van der Waals surface area (Å²) in [7, 11) is 1.61. The molecule has 0 fully saturated rings. The molecule has 2 N–H and O–H groups in total. The molecule has 0 saturated heterocycles. The van der Waals surface area contributed by atoms with Crippen molar-refractivity contribution in [3.05, 3.63) is 89.5 Å². The largest absolute Gasteiger partial charge is 0.507 e. The summed E-state index contributed by atoms with van der Waals surface area (Å²) < 4.78 is 11.3. The molecule has 3 aromatic carbocycles. The number of amides is 1. The van der Waals surface area contributed by atoms with Gasteiger partial charge in [0, 0.05) is 6.54 Å². The molecule has 3 aromatic rings. The van der Waals surface area contributed by atoms with Gasteiger partial charge in [-0.2, -0.15) is 0 Å². The van der Waals surface area contributed by atoms with E-state index in [1.165, 1.54) is 6.07 Å². The van der Waals surface area contributed by atoms with Crippen molar-refractivity contribution in [2.24, 2.45) is 0 Å². The Labute approximate surface area is 164 Å². The molecule has 28 heavy (non-hydrogen) atoms. The number of hydrogen-bond acceptors (Lipinski definition) is 4. The number of phenols is 1. The van der Waals surface area contributed by atoms with Crippen LogP contribution in [-0.4, -0.2) is 24.7 Å². The number of rotatable bonds is 8. The zero-order valence-corrected chi connectivity index (χ0v) is 15.7. The lowest BCUT2D eigenvalue weighted by Crippen LogP contribution is -2.25. The second-order valence-electron chi connectivity index (χ2n) is 6.28. The van der Waals surface area contributed by atoms with Gasteiger partial charge in [0.1, 0.15) is 12.4 Å². The number of ether oxygens (including phenoxy) is 2. The molecule has 0 radical (unpaired) electrons. The van der Waals surface area contributed by atoms with Gasteiger partial charge in [0.15, 0.2) is 11.5 Å². The monoisotopic (exact) mass is 377 g/mol. The van der Waals surface area contributed by atoms with Gasteiger partial charge in [0.05, 0.1) is 12.7 Å². The van der Waals surface area contributed by atoms with Crippen molar-refractivity contribution in [2.75, 3.05) is 13.7 Å². The number of phenolic OH excluding ortho intramolecular Hbond substituents is 1. The molecule has 3 rings (SSSR count). The van der Waals surface area contributed by atoms with Gasteiger partial charge in [-0.3, -0.25) is 4.79 Å². The van der Waals surface area contributed by atoms with Crippen LogP contribution in [0.2, 0.25) is 0 Å². The van der Waals surface area contributed by atoms with Crippen LogP contribution in [-0.2, 0) is 13.0 Å². The molecule has 5 nitrogen and oxygen atoms in total. The number of aromatic hydroxyl groups is 1. The quantitative estimate of drug-likeness (QED) is 0.624. The van der Waals surface area contributed by atoms with Crippen LogP contribution in [0.4, 0.5) is 0 Å². The van der Waals surface area contributed by atoms with E-state index < -0.39 is 0 Å². The number of para-hydroxylation sites is 1. The average molecular weight is 377 g/mol. The highest BCUT2D eigenvalue weighted by molar-refractivity contribution is 5.96. The van der Waals surface area contributed by atoms with Crippen molar-refractivity contribution in [3.8, 4) is 17.2 Å². The first-order valence-electron chi connectivity index (χ1n) is 9.07. The molecule has 0 aliphatic heterocycles. The summed E-state index contributed by atoms with van der Waals surface area (Å²) in [5, 5.41) is 12.6. The van der Waals surface area contributed by atoms with Crippen molar-refractivity contribution in [2.45, 2.75) is 13.0 Å². The highest BCUT2D eigenvalue weighted by Gasteiger charge is 2.10. The van der Waals surface area contributed by atoms with E-state index in [0.29, 0.717) is 31.1 Å². The molecule has 5 heteroatoms. The smallest absolute Gasteiger partial charge is 0.255 e. The van der Waals surface area contributed by atoms with E-state index in [1.807, 2.05) is 48.5 Å². The zero-order chi connectivity index (χ0) is 19.8. The molecule has 0 spiro atoms. The summed E-state index contributed by atoms with van der Waals surface area (Å²) >= 11 is 0. The van der Waals surface area contributed by atoms with Crippen molar-refractivity contribution >= 4 is 5.91 Å². The number of benzene rings is 3. The second-order valence-corrected chi connectivity index (χ2v) is 6.28. The summed E-state index contributed by atoms with van der Waals surface area (Å²) in [4.78, 5) is 12.2. The first-order chi connectivity index (χ1) is 13.7. The fourth-order valence-electron chi connectivity index (χ4n) is 2.81. The maximum absolute atomic E-state index is 12.2. The number of carbonyl (C=O) groups excluding carboxylic acids is 1. The predicted molar refractivity (Wildman–Crippen MR) is 108 cm³/mol. The molecule has 0 aliphatic rings. The van der Waals surface area contributed by atoms with Gasteiger partial charge in [0.25, 0.3) is 5.91 Å². The van der Waals surface area contributed by atoms with Gasteiger partial charge in [-0.15, -0.1) is 0 Å². The van der Waals surface area contributed by atoms with Crippen molar-refractivity contribution in [3.63, 3.8) is 0 Å². The lowest BCUT2D eigenvalue weighted by molar-refractivity contribution is 0.0951. The Hall–Kier alpha value is -3.47. The van der Waals surface area contributed by atoms with Crippen LogP contribution < -0.4 is 14.8 Å². The minimum Gasteiger partial charge on any atom is -0.507 e. The van der Waals surface area contributed by atoms with Crippen molar-refractivity contribution in [1.29, 1.82) is 0 Å². The number of hydrogen-bond donors (Lipinski definition) is 2. The number of nitrogens with one attached hydrogen (secondary N) is 1. The van der Waals surface area contributed by atoms with Crippen LogP contribution in [0.1, 0.15) is 21.5 Å². The van der Waals surface area contributed by atoms with Crippen LogP contribution in [0.15, 0.2) is 72.8 Å². The third-order valence-electron chi connectivity index (χ3n) is 4.31. The van der Waals surface area contributed by atoms with E-state index >= 15 is 0 Å². The molecule has 144 valence electrons. The summed E-state index contributed by atoms with van der Waals surface area (Å²) in [6, 6.07) is 22.1. The molecule has 0 atom stereocenters. The summed E-state index contributed by atoms with van der Waals surface area (Å²) in [5.41, 5.74) is 2.36. The van der Waals surface area contributed by atoms with E-state index in [9.17, 15) is 9.90 Å². The van der Waals surface area contributed by atoms with E-state index in [4.69, 9.17) is 9.47 Å². The summed E-state index contributed by atoms with van der Waals surface area (Å²) in [5.74, 6) is 1.00. The molecular weight excluding hydrogens is 354 g/mol. The van der Waals surface area contributed by atoms with Gasteiger partial charge in [-0.05, 0) is 41.8 Å². The minimum absolute atomic E-state index is 0.0268. The number of methoxy groups -OCH3 is 1. The van der Waals surface area contributed by atoms with Crippen LogP contribution >= 0.6 is 0 Å². The lowest BCUT2D eigenvalue weighted by Gasteiger charge is -2.13. The average Bonchev–Trinajstić information content (AvgIpc) is 2.73. The highest BCUT2D eigenvalue weighted by atomic mass is 16.5. The Balaban J connectivity index is 1.59. The van der Waals surface area contributed by atoms with E-state index in [0.717, 1.165) is 11.1 Å². The molecule has 0 heterocycles. The van der Waals surface area contributed by atoms with Gasteiger partial charge >= 0.3 is 0 Å². The molecule has 0 saturated carbocycles. The van der Waals surface area contributed by atoms with Crippen LogP contribution in [0, 0.1) is 0 Å². The highest BCUT2D eigenvalue weighted by Crippen LogP contribution is 2.29. The van der Waals surface area contributed by atoms with E-state index in [-0.39, 0.29) is 17.2 Å². The topological polar surface area (TPSA) is 67.8 Å². The Kier molecular flexibility index (Phi) is 6.52. The van der Waals surface area contributed by atoms with E-state index in [1.54, 1.807) is 25.3 Å². The third kappa shape index (κ3) is 5.04. The third-order valence-corrected chi connectivity index (χ3v) is 4.31. The van der Waals surface area contributed by atoms with Gasteiger partial charge in [0.2, 0.25) is 0 Å². The maximum Gasteiger partial charge on any atom is 0.255 e. The standard InChI is InChI=1S/C23H23NO4/c1-27-21-12-11-17(15-22(21)28-16-18-7-3-2-4-8-18)13-14-24-23(26)19-9-5-6-10-20(19)25/h2-12,15,25H,13-14,16H2,1H3,(H,24,26). The molecule has 0 aromatic heterocycles. The summed E-state index contributed by atoms with van der Waals surface area (Å²) in [6.07, 6.45) is 0.630. The SMILES string of the molecule is COc1ccc(CCNC(=O)c2ccccc2O)cc1OCc1ccccc1. The first-order valence-corrected chi connectivity index (χ1v) is 9.07. The Bertz CT molecular complexity index is 925. The van der Waals surface area contributed by atoms with E-state index in [2.05, 4.69) is 5.32 Å². The number of carbonyl (C=O) groups is 1. The molecule has 0 unspecified atom stereocenters. The predicted octanol–water partition coefficient (Wildman–Crippen LogP) is 3.95. The Morgan fingerprint density at radius 1 is 0.929 bits per heavy atom.